The first-order chi connectivity index (χ1) is 48.5. The van der Waals surface area contributed by atoms with E-state index in [1.165, 1.54) is 62.0 Å². The predicted octanol–water partition coefficient (Wildman–Crippen LogP) is -4.07. The van der Waals surface area contributed by atoms with Crippen LogP contribution in [0.15, 0.2) is 59.6 Å². The fourth-order valence-electron chi connectivity index (χ4n) is 9.89. The van der Waals surface area contributed by atoms with Gasteiger partial charge in [-0.25, -0.2) is 0 Å². The van der Waals surface area contributed by atoms with Gasteiger partial charge in [0.25, 0.3) is 0 Å². The number of carbonyl (C=O) groups excluding carboxylic acids is 11. The molecule has 568 valence electrons. The largest absolute Gasteiger partial charge is 0.497 e. The lowest BCUT2D eigenvalue weighted by Gasteiger charge is -2.32. The van der Waals surface area contributed by atoms with Crippen LogP contribution in [0.2, 0.25) is 0 Å². The van der Waals surface area contributed by atoms with Gasteiger partial charge in [-0.1, -0.05) is 42.5 Å². The predicted molar refractivity (Wildman–Crippen MR) is 380 cm³/mol. The van der Waals surface area contributed by atoms with E-state index in [0.717, 1.165) is 30.1 Å². The van der Waals surface area contributed by atoms with Crippen molar-refractivity contribution in [2.24, 2.45) is 33.7 Å². The molecule has 2 aromatic rings. The first kappa shape index (κ1) is 88.8. The second kappa shape index (κ2) is 52.7. The topological polar surface area (TPSA) is 459 Å². The maximum Gasteiger partial charge on any atom is 0.243 e. The monoisotopic (exact) mass is 1450 g/mol. The van der Waals surface area contributed by atoms with Gasteiger partial charge in [-0.15, -0.1) is 0 Å². The van der Waals surface area contributed by atoms with Gasteiger partial charge in [0.15, 0.2) is 5.96 Å². The molecular formula is C66H111N17O17S. The highest BCUT2D eigenvalue weighted by atomic mass is 32.2. The number of hydrogen-bond acceptors (Lipinski definition) is 22. The lowest BCUT2D eigenvalue weighted by Crippen LogP contribution is -2.55. The number of nitrogens with one attached hydrogen (secondary N) is 3. The lowest BCUT2D eigenvalue weighted by molar-refractivity contribution is -0.149. The number of unbranched alkanes of at least 4 members (excludes halogenated alkanes) is 2. The van der Waals surface area contributed by atoms with Crippen LogP contribution >= 0.6 is 11.8 Å². The minimum Gasteiger partial charge on any atom is -0.497 e. The van der Waals surface area contributed by atoms with E-state index >= 15 is 0 Å². The van der Waals surface area contributed by atoms with Gasteiger partial charge in [0.1, 0.15) is 24.4 Å². The summed E-state index contributed by atoms with van der Waals surface area (Å²) in [7, 11) is 7.01. The Bertz CT molecular complexity index is 2850. The number of guanidine groups is 1. The zero-order valence-electron chi connectivity index (χ0n) is 59.7. The van der Waals surface area contributed by atoms with Gasteiger partial charge in [-0.2, -0.15) is 11.8 Å². The number of methoxy groups -OCH3 is 5. The number of nitrogens with zero attached hydrogens (tertiary/aromatic N) is 9. The Morgan fingerprint density at radius 3 is 1.33 bits per heavy atom. The molecule has 0 saturated carbocycles. The molecule has 2 aromatic carbocycles. The highest BCUT2D eigenvalue weighted by molar-refractivity contribution is 7.98. The number of aliphatic hydroxyl groups is 1. The van der Waals surface area contributed by atoms with Crippen LogP contribution in [0.25, 0.3) is 0 Å². The van der Waals surface area contributed by atoms with Crippen LogP contribution < -0.4 is 49.4 Å². The molecule has 0 aliphatic heterocycles. The van der Waals surface area contributed by atoms with Crippen LogP contribution in [0.3, 0.4) is 0 Å². The summed E-state index contributed by atoms with van der Waals surface area (Å²) in [4.78, 5) is 168. The van der Waals surface area contributed by atoms with Crippen molar-refractivity contribution in [2.75, 3.05) is 205 Å². The van der Waals surface area contributed by atoms with Crippen LogP contribution in [0, 0.1) is 0 Å². The van der Waals surface area contributed by atoms with Gasteiger partial charge in [0.05, 0.1) is 92.5 Å². The highest BCUT2D eigenvalue weighted by Gasteiger charge is 2.33. The molecule has 0 radical (unpaired) electrons. The van der Waals surface area contributed by atoms with Crippen LogP contribution in [-0.2, 0) is 84.8 Å². The number of primary amides is 1. The standard InChI is InChI=1S/C66H111N17O17S/c1-96-34-29-79(42-55(85)74-54(17-14-25-73-66(70)71)65(95)75-53(64(69)94)22-38-101-6)58(88)45-80(30-35-97-2)60(90)47-82(32-37-99-4)61(91)46-81(31-36-98-3)59(89)44-77(27-13-11-24-68)62(92)49-83(41-51-18-20-52(100-5)21-19-51)63(93)48-78(28-33-84)57(87)43-76(26-12-10-23-67)56(86)40-72-39-50-15-8-7-9-16-50/h7-9,15-16,18-21,53-54,72,84H,10-14,17,22-49,67-68H2,1-6H3,(H2,69,94)(H,74,85)(H,75,95)(H4,70,71,73)/t53-,54-/m0/s1. The Kier molecular flexibility index (Phi) is 46.3. The lowest BCUT2D eigenvalue weighted by atomic mass is 10.1. The Balaban J connectivity index is 2.49. The number of nitrogens with two attached hydrogens (primary N) is 5. The Morgan fingerprint density at radius 2 is 0.911 bits per heavy atom. The Labute approximate surface area is 597 Å². The molecule has 0 aromatic heterocycles. The van der Waals surface area contributed by atoms with Gasteiger partial charge in [-0.05, 0) is 93.3 Å². The van der Waals surface area contributed by atoms with E-state index in [-0.39, 0.29) is 130 Å². The van der Waals surface area contributed by atoms with E-state index in [0.29, 0.717) is 55.8 Å². The number of aliphatic hydroxyl groups excluding tert-OH is 1. The first-order valence-electron chi connectivity index (χ1n) is 33.5. The van der Waals surface area contributed by atoms with Crippen molar-refractivity contribution in [2.45, 2.75) is 70.1 Å². The summed E-state index contributed by atoms with van der Waals surface area (Å²) in [6.45, 7) is -5.43. The number of thioether (sulfide) groups is 1. The fraction of sp³-hybridized carbons (Fsp3) is 0.636. The van der Waals surface area contributed by atoms with E-state index in [4.69, 9.17) is 52.4 Å². The normalized spacial score (nSPS) is 11.5. The van der Waals surface area contributed by atoms with Crippen molar-refractivity contribution in [3.8, 4) is 5.75 Å². The van der Waals surface area contributed by atoms with Crippen molar-refractivity contribution < 1.29 is 81.5 Å². The van der Waals surface area contributed by atoms with Crippen molar-refractivity contribution >= 4 is 82.7 Å². The molecule has 0 spiro atoms. The molecule has 2 atom stereocenters. The highest BCUT2D eigenvalue weighted by Crippen LogP contribution is 2.16. The van der Waals surface area contributed by atoms with E-state index < -0.39 is 130 Å². The van der Waals surface area contributed by atoms with Gasteiger partial charge in [0.2, 0.25) is 65.0 Å². The van der Waals surface area contributed by atoms with Gasteiger partial charge < -0.3 is 113 Å². The van der Waals surface area contributed by atoms with E-state index in [2.05, 4.69) is 20.9 Å². The van der Waals surface area contributed by atoms with E-state index in [9.17, 15) is 57.8 Å². The number of amides is 11. The molecule has 0 aliphatic rings. The first-order valence-corrected chi connectivity index (χ1v) is 34.9. The molecule has 0 saturated heterocycles. The molecule has 14 N–H and O–H groups in total. The molecule has 2 rings (SSSR count). The molecule has 11 amide bonds. The summed E-state index contributed by atoms with van der Waals surface area (Å²) in [6, 6.07) is 13.9. The van der Waals surface area contributed by atoms with Crippen molar-refractivity contribution in [1.82, 2.24) is 55.1 Å². The molecule has 0 bridgehead atoms. The van der Waals surface area contributed by atoms with Crippen LogP contribution in [0.5, 0.6) is 5.75 Å². The van der Waals surface area contributed by atoms with Crippen molar-refractivity contribution in [3.05, 3.63) is 65.7 Å². The third-order valence-corrected chi connectivity index (χ3v) is 16.3. The Morgan fingerprint density at radius 1 is 0.485 bits per heavy atom. The van der Waals surface area contributed by atoms with Gasteiger partial charge >= 0.3 is 0 Å². The third kappa shape index (κ3) is 36.8. The summed E-state index contributed by atoms with van der Waals surface area (Å²) in [6.07, 6.45) is 4.12. The smallest absolute Gasteiger partial charge is 0.243 e. The molecule has 0 heterocycles. The van der Waals surface area contributed by atoms with Crippen molar-refractivity contribution in [3.63, 3.8) is 0 Å². The van der Waals surface area contributed by atoms with Gasteiger partial charge in [0, 0.05) is 93.9 Å². The zero-order chi connectivity index (χ0) is 74.9. The summed E-state index contributed by atoms with van der Waals surface area (Å²) < 4.78 is 26.6. The van der Waals surface area contributed by atoms with Crippen molar-refractivity contribution in [1.29, 1.82) is 0 Å². The maximum atomic E-state index is 14.8. The summed E-state index contributed by atoms with van der Waals surface area (Å²) in [5, 5.41) is 18.6. The summed E-state index contributed by atoms with van der Waals surface area (Å²) in [5.74, 6) is -6.75. The second-order valence-electron chi connectivity index (χ2n) is 23.4. The quantitative estimate of drug-likeness (QED) is 0.0173. The minimum absolute atomic E-state index is 0.0172. The molecule has 0 unspecified atom stereocenters. The molecular weight excluding hydrogens is 1330 g/mol. The average molecular weight is 1450 g/mol. The molecule has 0 fully saturated rings. The number of aliphatic imine (C=N–C) groups is 1. The number of rotatable bonds is 56. The maximum absolute atomic E-state index is 14.8. The SMILES string of the molecule is COCCN(CC(=O)N[C@@H](CCCN=C(N)N)C(=O)N[C@@H](CCSC)C(N)=O)C(=O)CN(CCOC)C(=O)CN(CCOC)C(=O)CN(CCOC)C(=O)CN(CCCCN)C(=O)CN(Cc1ccc(OC)cc1)C(=O)CN(CCO)C(=O)CN(CCCCN)C(=O)CNCc1ccccc1. The summed E-state index contributed by atoms with van der Waals surface area (Å²) in [5.41, 5.74) is 29.7. The van der Waals surface area contributed by atoms with E-state index in [1.807, 2.05) is 36.6 Å². The van der Waals surface area contributed by atoms with Crippen LogP contribution in [-0.4, -0.2) is 332 Å². The summed E-state index contributed by atoms with van der Waals surface area (Å²) >= 11 is 1.44. The average Bonchev–Trinajstić information content (AvgIpc) is 0.863. The number of ether oxygens (including phenoxy) is 5. The molecule has 34 nitrogen and oxygen atoms in total. The number of hydrogen-bond donors (Lipinski definition) is 9. The van der Waals surface area contributed by atoms with E-state index in [1.54, 1.807) is 24.3 Å². The zero-order valence-corrected chi connectivity index (χ0v) is 60.5. The van der Waals surface area contributed by atoms with Gasteiger partial charge in [-0.3, -0.25) is 57.7 Å². The molecule has 101 heavy (non-hydrogen) atoms. The number of carbonyl (C=O) groups is 11. The minimum atomic E-state index is -1.22. The fourth-order valence-corrected chi connectivity index (χ4v) is 10.4. The van der Waals surface area contributed by atoms with Crippen LogP contribution in [0.1, 0.15) is 56.1 Å². The molecule has 0 aliphatic carbocycles. The van der Waals surface area contributed by atoms with Crippen LogP contribution in [0.4, 0.5) is 0 Å². The number of benzene rings is 2. The second-order valence-corrected chi connectivity index (χ2v) is 24.4. The third-order valence-electron chi connectivity index (χ3n) is 15.7. The molecule has 35 heteroatoms. The Hall–Kier alpha value is -8.29.